The van der Waals surface area contributed by atoms with E-state index in [1.807, 2.05) is 0 Å². The van der Waals surface area contributed by atoms with Gasteiger partial charge in [-0.2, -0.15) is 0 Å². The quantitative estimate of drug-likeness (QED) is 0.557. The molecule has 2 heterocycles. The SMILES string of the molecule is O=C1OC2(CCCC2)c2nonc21. The molecule has 1 aromatic heterocycles. The van der Waals surface area contributed by atoms with Gasteiger partial charge in [0, 0.05) is 0 Å². The Balaban J connectivity index is 2.16. The van der Waals surface area contributed by atoms with Crippen molar-refractivity contribution in [1.29, 1.82) is 0 Å². The van der Waals surface area contributed by atoms with Crippen LogP contribution in [0.2, 0.25) is 0 Å². The molecule has 1 aromatic rings. The van der Waals surface area contributed by atoms with Crippen molar-refractivity contribution in [2.24, 2.45) is 0 Å². The monoisotopic (exact) mass is 180 g/mol. The lowest BCUT2D eigenvalue weighted by Crippen LogP contribution is -2.22. The summed E-state index contributed by atoms with van der Waals surface area (Å²) in [7, 11) is 0. The number of fused-ring (bicyclic) bond motifs is 2. The van der Waals surface area contributed by atoms with Crippen molar-refractivity contribution in [3.05, 3.63) is 11.4 Å². The number of hydrogen-bond donors (Lipinski definition) is 0. The molecular weight excluding hydrogens is 172 g/mol. The van der Waals surface area contributed by atoms with Crippen LogP contribution in [-0.4, -0.2) is 16.3 Å². The number of esters is 1. The third kappa shape index (κ3) is 0.740. The molecular formula is C8H8N2O3. The van der Waals surface area contributed by atoms with Gasteiger partial charge >= 0.3 is 5.97 Å². The average Bonchev–Trinajstić information content (AvgIpc) is 2.74. The molecule has 3 rings (SSSR count). The summed E-state index contributed by atoms with van der Waals surface area (Å²) in [4.78, 5) is 11.3. The van der Waals surface area contributed by atoms with E-state index in [0.29, 0.717) is 5.69 Å². The van der Waals surface area contributed by atoms with E-state index in [9.17, 15) is 4.79 Å². The van der Waals surface area contributed by atoms with Crippen molar-refractivity contribution in [1.82, 2.24) is 10.3 Å². The average molecular weight is 180 g/mol. The Morgan fingerprint density at radius 1 is 1.23 bits per heavy atom. The number of ether oxygens (including phenoxy) is 1. The van der Waals surface area contributed by atoms with Crippen molar-refractivity contribution in [3.8, 4) is 0 Å². The van der Waals surface area contributed by atoms with Gasteiger partial charge in [-0.3, -0.25) is 0 Å². The highest BCUT2D eigenvalue weighted by Gasteiger charge is 2.51. The Bertz CT molecular complexity index is 365. The van der Waals surface area contributed by atoms with Gasteiger partial charge in [0.05, 0.1) is 0 Å². The van der Waals surface area contributed by atoms with Crippen molar-refractivity contribution >= 4 is 5.97 Å². The first kappa shape index (κ1) is 7.06. The molecule has 1 aliphatic carbocycles. The van der Waals surface area contributed by atoms with E-state index < -0.39 is 11.6 Å². The Labute approximate surface area is 74.0 Å². The van der Waals surface area contributed by atoms with E-state index in [-0.39, 0.29) is 5.69 Å². The van der Waals surface area contributed by atoms with E-state index in [0.717, 1.165) is 25.7 Å². The predicted molar refractivity (Wildman–Crippen MR) is 39.9 cm³/mol. The summed E-state index contributed by atoms with van der Waals surface area (Å²) in [6.45, 7) is 0. The largest absolute Gasteiger partial charge is 0.447 e. The summed E-state index contributed by atoms with van der Waals surface area (Å²) < 4.78 is 9.84. The maximum absolute atomic E-state index is 11.3. The molecule has 0 unspecified atom stereocenters. The first-order valence-electron chi connectivity index (χ1n) is 4.38. The van der Waals surface area contributed by atoms with E-state index >= 15 is 0 Å². The van der Waals surface area contributed by atoms with E-state index in [4.69, 9.17) is 4.74 Å². The van der Waals surface area contributed by atoms with Crippen LogP contribution >= 0.6 is 0 Å². The van der Waals surface area contributed by atoms with Crippen LogP contribution < -0.4 is 0 Å². The summed E-state index contributed by atoms with van der Waals surface area (Å²) >= 11 is 0. The molecule has 13 heavy (non-hydrogen) atoms. The highest BCUT2D eigenvalue weighted by Crippen LogP contribution is 2.46. The van der Waals surface area contributed by atoms with E-state index in [2.05, 4.69) is 14.9 Å². The zero-order valence-corrected chi connectivity index (χ0v) is 6.95. The third-order valence-corrected chi connectivity index (χ3v) is 2.81. The van der Waals surface area contributed by atoms with Crippen LogP contribution in [0.5, 0.6) is 0 Å². The van der Waals surface area contributed by atoms with Crippen LogP contribution in [0.1, 0.15) is 41.9 Å². The molecule has 68 valence electrons. The van der Waals surface area contributed by atoms with Crippen LogP contribution in [0.25, 0.3) is 0 Å². The molecule has 1 spiro atoms. The van der Waals surface area contributed by atoms with Crippen LogP contribution in [0, 0.1) is 0 Å². The minimum Gasteiger partial charge on any atom is -0.447 e. The summed E-state index contributed by atoms with van der Waals surface area (Å²) in [5.74, 6) is -0.391. The second kappa shape index (κ2) is 2.10. The second-order valence-corrected chi connectivity index (χ2v) is 3.55. The number of rotatable bonds is 0. The standard InChI is InChI=1S/C8H8N2O3/c11-7-5-6(10-13-9-5)8(12-7)3-1-2-4-8/h1-4H2. The lowest BCUT2D eigenvalue weighted by molar-refractivity contribution is -0.0106. The Hall–Kier alpha value is -1.39. The minimum absolute atomic E-state index is 0.266. The Kier molecular flexibility index (Phi) is 1.14. The Morgan fingerprint density at radius 2 is 2.00 bits per heavy atom. The molecule has 0 amide bonds. The number of carbonyl (C=O) groups is 1. The first-order chi connectivity index (χ1) is 6.32. The van der Waals surface area contributed by atoms with Crippen molar-refractivity contribution in [2.75, 3.05) is 0 Å². The Morgan fingerprint density at radius 3 is 2.77 bits per heavy atom. The summed E-state index contributed by atoms with van der Waals surface area (Å²) in [5.41, 5.74) is 0.378. The molecule has 0 aromatic carbocycles. The summed E-state index contributed by atoms with van der Waals surface area (Å²) in [6.07, 6.45) is 3.83. The maximum Gasteiger partial charge on any atom is 0.363 e. The van der Waals surface area contributed by atoms with Crippen LogP contribution in [0.4, 0.5) is 0 Å². The fourth-order valence-electron chi connectivity index (χ4n) is 2.18. The van der Waals surface area contributed by atoms with Crippen molar-refractivity contribution in [2.45, 2.75) is 31.3 Å². The molecule has 0 saturated heterocycles. The van der Waals surface area contributed by atoms with Crippen LogP contribution in [0.15, 0.2) is 4.63 Å². The highest BCUT2D eigenvalue weighted by atomic mass is 16.6. The molecule has 0 atom stereocenters. The normalized spacial score (nSPS) is 23.5. The molecule has 1 fully saturated rings. The third-order valence-electron chi connectivity index (χ3n) is 2.81. The number of hydrogen-bond acceptors (Lipinski definition) is 5. The lowest BCUT2D eigenvalue weighted by atomic mass is 9.99. The zero-order valence-electron chi connectivity index (χ0n) is 6.95. The predicted octanol–water partition coefficient (Wildman–Crippen LogP) is 1.01. The van der Waals surface area contributed by atoms with Gasteiger partial charge in [-0.25, -0.2) is 9.42 Å². The van der Waals surface area contributed by atoms with Gasteiger partial charge in [0.1, 0.15) is 0 Å². The summed E-state index contributed by atoms with van der Waals surface area (Å²) in [5, 5.41) is 7.29. The van der Waals surface area contributed by atoms with Gasteiger partial charge in [-0.05, 0) is 36.0 Å². The molecule has 2 aliphatic rings. The zero-order chi connectivity index (χ0) is 8.89. The molecule has 0 bridgehead atoms. The molecule has 1 aliphatic heterocycles. The highest BCUT2D eigenvalue weighted by molar-refractivity contribution is 5.91. The van der Waals surface area contributed by atoms with Crippen LogP contribution in [-0.2, 0) is 10.3 Å². The topological polar surface area (TPSA) is 65.2 Å². The second-order valence-electron chi connectivity index (χ2n) is 3.55. The molecule has 0 N–H and O–H groups in total. The number of nitrogens with zero attached hydrogens (tertiary/aromatic N) is 2. The van der Waals surface area contributed by atoms with Gasteiger partial charge in [0.25, 0.3) is 0 Å². The molecule has 1 saturated carbocycles. The van der Waals surface area contributed by atoms with Crippen molar-refractivity contribution < 1.29 is 14.2 Å². The smallest absolute Gasteiger partial charge is 0.363 e. The van der Waals surface area contributed by atoms with Crippen LogP contribution in [0.3, 0.4) is 0 Å². The minimum atomic E-state index is -0.494. The number of carbonyl (C=O) groups excluding carboxylic acids is 1. The molecule has 0 radical (unpaired) electrons. The van der Waals surface area contributed by atoms with Crippen molar-refractivity contribution in [3.63, 3.8) is 0 Å². The van der Waals surface area contributed by atoms with Gasteiger partial charge < -0.3 is 4.74 Å². The van der Waals surface area contributed by atoms with Gasteiger partial charge in [-0.1, -0.05) is 0 Å². The van der Waals surface area contributed by atoms with E-state index in [1.54, 1.807) is 0 Å². The fraction of sp³-hybridized carbons (Fsp3) is 0.625. The fourth-order valence-corrected chi connectivity index (χ4v) is 2.18. The number of aromatic nitrogens is 2. The molecule has 5 nitrogen and oxygen atoms in total. The van der Waals surface area contributed by atoms with Gasteiger partial charge in [-0.15, -0.1) is 0 Å². The lowest BCUT2D eigenvalue weighted by Gasteiger charge is -2.19. The maximum atomic E-state index is 11.3. The molecule has 5 heteroatoms. The first-order valence-corrected chi connectivity index (χ1v) is 4.38. The van der Waals surface area contributed by atoms with Gasteiger partial charge in [0.15, 0.2) is 11.3 Å². The van der Waals surface area contributed by atoms with E-state index in [1.165, 1.54) is 0 Å². The summed E-state index contributed by atoms with van der Waals surface area (Å²) in [6, 6.07) is 0. The van der Waals surface area contributed by atoms with Gasteiger partial charge in [0.2, 0.25) is 5.69 Å².